The molecule has 0 fully saturated rings. The van der Waals surface area contributed by atoms with Crippen molar-refractivity contribution in [3.8, 4) is 0 Å². The molecule has 2 amide bonds. The van der Waals surface area contributed by atoms with E-state index >= 15 is 0 Å². The van der Waals surface area contributed by atoms with Gasteiger partial charge in [0.25, 0.3) is 11.8 Å². The van der Waals surface area contributed by atoms with Gasteiger partial charge in [0, 0.05) is 33.7 Å². The molecule has 0 bridgehead atoms. The molecule has 162 valence electrons. The van der Waals surface area contributed by atoms with E-state index < -0.39 is 0 Å². The van der Waals surface area contributed by atoms with Crippen LogP contribution in [0.5, 0.6) is 0 Å². The van der Waals surface area contributed by atoms with Gasteiger partial charge in [-0.15, -0.1) is 0 Å². The Morgan fingerprint density at radius 1 is 1.00 bits per heavy atom. The van der Waals surface area contributed by atoms with Crippen molar-refractivity contribution in [2.45, 2.75) is 16.2 Å². The highest BCUT2D eigenvalue weighted by Gasteiger charge is 2.20. The number of fused-ring (bicyclic) bond motifs is 2. The monoisotopic (exact) mass is 445 g/mol. The van der Waals surface area contributed by atoms with Gasteiger partial charge in [-0.1, -0.05) is 48.2 Å². The summed E-state index contributed by atoms with van der Waals surface area (Å²) >= 11 is 1.51. The maximum Gasteiger partial charge on any atom is 0.256 e. The van der Waals surface area contributed by atoms with E-state index in [0.717, 1.165) is 20.9 Å². The molecular formula is C24H23N5O2S. The molecule has 0 atom stereocenters. The summed E-state index contributed by atoms with van der Waals surface area (Å²) in [5.74, 6) is 5.07. The SMILES string of the molecule is N/C=C(\NN)c1ccc(CCNC(=O)c2ccc3c(c2)NC(=O)c2ccccc2S3)cc1. The van der Waals surface area contributed by atoms with Crippen molar-refractivity contribution in [2.24, 2.45) is 11.6 Å². The Morgan fingerprint density at radius 2 is 1.75 bits per heavy atom. The predicted molar refractivity (Wildman–Crippen MR) is 127 cm³/mol. The van der Waals surface area contributed by atoms with Crippen LogP contribution in [0.2, 0.25) is 0 Å². The third kappa shape index (κ3) is 4.61. The number of amides is 2. The van der Waals surface area contributed by atoms with Crippen LogP contribution in [0.3, 0.4) is 0 Å². The van der Waals surface area contributed by atoms with E-state index in [1.54, 1.807) is 18.2 Å². The zero-order valence-electron chi connectivity index (χ0n) is 17.2. The number of benzene rings is 3. The van der Waals surface area contributed by atoms with Gasteiger partial charge >= 0.3 is 0 Å². The van der Waals surface area contributed by atoms with Crippen molar-refractivity contribution in [1.29, 1.82) is 0 Å². The predicted octanol–water partition coefficient (Wildman–Crippen LogP) is 3.10. The number of hydrogen-bond acceptors (Lipinski definition) is 6. The lowest BCUT2D eigenvalue weighted by atomic mass is 10.1. The third-order valence-corrected chi connectivity index (χ3v) is 6.28. The summed E-state index contributed by atoms with van der Waals surface area (Å²) in [5.41, 5.74) is 12.4. The highest BCUT2D eigenvalue weighted by molar-refractivity contribution is 7.99. The van der Waals surface area contributed by atoms with Gasteiger partial charge < -0.3 is 21.8 Å². The molecule has 8 heteroatoms. The van der Waals surface area contributed by atoms with Crippen molar-refractivity contribution in [1.82, 2.24) is 10.7 Å². The number of anilines is 1. The molecule has 1 heterocycles. The number of nitrogens with one attached hydrogen (secondary N) is 3. The number of nitrogens with two attached hydrogens (primary N) is 2. The second kappa shape index (κ2) is 9.59. The van der Waals surface area contributed by atoms with Crippen LogP contribution < -0.4 is 27.6 Å². The fourth-order valence-electron chi connectivity index (χ4n) is 3.41. The minimum Gasteiger partial charge on any atom is -0.403 e. The number of rotatable bonds is 6. The van der Waals surface area contributed by atoms with Gasteiger partial charge in [-0.25, -0.2) is 0 Å². The van der Waals surface area contributed by atoms with Crippen molar-refractivity contribution >= 4 is 35.0 Å². The molecule has 0 aliphatic carbocycles. The topological polar surface area (TPSA) is 122 Å². The Bertz CT molecular complexity index is 1190. The molecule has 7 nitrogen and oxygen atoms in total. The highest BCUT2D eigenvalue weighted by atomic mass is 32.2. The van der Waals surface area contributed by atoms with Gasteiger partial charge in [-0.2, -0.15) is 0 Å². The van der Waals surface area contributed by atoms with E-state index in [1.807, 2.05) is 48.5 Å². The minimum absolute atomic E-state index is 0.176. The van der Waals surface area contributed by atoms with Gasteiger partial charge in [-0.05, 0) is 42.3 Å². The first-order chi connectivity index (χ1) is 15.6. The van der Waals surface area contributed by atoms with Crippen LogP contribution in [-0.2, 0) is 6.42 Å². The Kier molecular flexibility index (Phi) is 6.44. The van der Waals surface area contributed by atoms with E-state index in [2.05, 4.69) is 16.1 Å². The first kappa shape index (κ1) is 21.5. The second-order valence-corrected chi connectivity index (χ2v) is 8.27. The quantitative estimate of drug-likeness (QED) is 0.294. The second-order valence-electron chi connectivity index (χ2n) is 7.19. The Morgan fingerprint density at radius 3 is 2.50 bits per heavy atom. The van der Waals surface area contributed by atoms with Crippen molar-refractivity contribution in [3.63, 3.8) is 0 Å². The van der Waals surface area contributed by atoms with Crippen LogP contribution in [0.25, 0.3) is 5.70 Å². The number of carbonyl (C=O) groups excluding carboxylic acids is 2. The van der Waals surface area contributed by atoms with E-state index in [9.17, 15) is 9.59 Å². The van der Waals surface area contributed by atoms with Crippen molar-refractivity contribution < 1.29 is 9.59 Å². The summed E-state index contributed by atoms with van der Waals surface area (Å²) in [5, 5.41) is 5.85. The van der Waals surface area contributed by atoms with Gasteiger partial charge in [0.15, 0.2) is 0 Å². The van der Waals surface area contributed by atoms with Crippen molar-refractivity contribution in [2.75, 3.05) is 11.9 Å². The zero-order chi connectivity index (χ0) is 22.5. The fourth-order valence-corrected chi connectivity index (χ4v) is 4.42. The number of hydrazine groups is 1. The van der Waals surface area contributed by atoms with Gasteiger partial charge in [0.2, 0.25) is 0 Å². The Hall–Kier alpha value is -3.75. The average molecular weight is 446 g/mol. The third-order valence-electron chi connectivity index (χ3n) is 5.13. The first-order valence-corrected chi connectivity index (χ1v) is 10.9. The molecule has 1 aliphatic heterocycles. The summed E-state index contributed by atoms with van der Waals surface area (Å²) in [6.45, 7) is 0.483. The van der Waals surface area contributed by atoms with E-state index in [1.165, 1.54) is 18.0 Å². The standard InChI is InChI=1S/C24H23N5O2S/c25-14-20(29-26)16-7-5-15(6-8-16)11-12-27-23(30)17-9-10-22-19(13-17)28-24(31)18-3-1-2-4-21(18)32-22/h1-10,13-14,29H,11-12,25-26H2,(H,27,30)(H,28,31)/b20-14-. The minimum atomic E-state index is -0.189. The summed E-state index contributed by atoms with van der Waals surface area (Å²) in [7, 11) is 0. The summed E-state index contributed by atoms with van der Waals surface area (Å²) < 4.78 is 0. The molecule has 0 saturated heterocycles. The normalized spacial score (nSPS) is 12.8. The molecule has 32 heavy (non-hydrogen) atoms. The fraction of sp³-hybridized carbons (Fsp3) is 0.0833. The zero-order valence-corrected chi connectivity index (χ0v) is 18.0. The molecule has 3 aromatic rings. The van der Waals surface area contributed by atoms with Gasteiger partial charge in [0.1, 0.15) is 0 Å². The lowest BCUT2D eigenvalue weighted by Gasteiger charge is -2.10. The van der Waals surface area contributed by atoms with Gasteiger partial charge in [0.05, 0.1) is 16.9 Å². The van der Waals surface area contributed by atoms with Crippen LogP contribution in [0.15, 0.2) is 82.7 Å². The summed E-state index contributed by atoms with van der Waals surface area (Å²) in [6, 6.07) is 20.6. The molecule has 0 radical (unpaired) electrons. The van der Waals surface area contributed by atoms with Crippen LogP contribution in [0, 0.1) is 0 Å². The molecule has 3 aromatic carbocycles. The van der Waals surface area contributed by atoms with Crippen LogP contribution >= 0.6 is 11.8 Å². The summed E-state index contributed by atoms with van der Waals surface area (Å²) in [4.78, 5) is 27.0. The largest absolute Gasteiger partial charge is 0.403 e. The highest BCUT2D eigenvalue weighted by Crippen LogP contribution is 2.38. The Balaban J connectivity index is 1.39. The summed E-state index contributed by atoms with van der Waals surface area (Å²) in [6.07, 6.45) is 2.09. The molecular weight excluding hydrogens is 422 g/mol. The average Bonchev–Trinajstić information content (AvgIpc) is 2.96. The molecule has 0 spiro atoms. The van der Waals surface area contributed by atoms with E-state index in [0.29, 0.717) is 35.5 Å². The molecule has 4 rings (SSSR count). The van der Waals surface area contributed by atoms with Gasteiger partial charge in [-0.3, -0.25) is 15.4 Å². The van der Waals surface area contributed by atoms with E-state index in [4.69, 9.17) is 11.6 Å². The molecule has 1 aliphatic rings. The molecule has 7 N–H and O–H groups in total. The molecule has 0 saturated carbocycles. The van der Waals surface area contributed by atoms with E-state index in [-0.39, 0.29) is 11.8 Å². The first-order valence-electron chi connectivity index (χ1n) is 10.1. The van der Waals surface area contributed by atoms with Crippen LogP contribution in [0.1, 0.15) is 31.8 Å². The number of hydrogen-bond donors (Lipinski definition) is 5. The van der Waals surface area contributed by atoms with Crippen molar-refractivity contribution in [3.05, 3.63) is 95.2 Å². The maximum atomic E-state index is 12.7. The smallest absolute Gasteiger partial charge is 0.256 e. The Labute approximate surface area is 190 Å². The van der Waals surface area contributed by atoms with Crippen LogP contribution in [0.4, 0.5) is 5.69 Å². The lowest BCUT2D eigenvalue weighted by molar-refractivity contribution is 0.0952. The lowest BCUT2D eigenvalue weighted by Crippen LogP contribution is -2.26. The van der Waals surface area contributed by atoms with Crippen LogP contribution in [-0.4, -0.2) is 18.4 Å². The maximum absolute atomic E-state index is 12.7. The molecule has 0 unspecified atom stereocenters. The molecule has 0 aromatic heterocycles. The number of carbonyl (C=O) groups is 2.